The Morgan fingerprint density at radius 1 is 1.50 bits per heavy atom. The zero-order valence-corrected chi connectivity index (χ0v) is 8.18. The summed E-state index contributed by atoms with van der Waals surface area (Å²) in [6.07, 6.45) is 1.53. The summed E-state index contributed by atoms with van der Waals surface area (Å²) in [5, 5.41) is 1.86. The predicted octanol–water partition coefficient (Wildman–Crippen LogP) is 1.99. The summed E-state index contributed by atoms with van der Waals surface area (Å²) in [5.41, 5.74) is 0.684. The van der Waals surface area contributed by atoms with Crippen LogP contribution >= 0.6 is 11.8 Å². The van der Waals surface area contributed by atoms with E-state index in [1.54, 1.807) is 19.1 Å². The Kier molecular flexibility index (Phi) is 2.17. The van der Waals surface area contributed by atoms with Gasteiger partial charge in [0.05, 0.1) is 11.2 Å². The third-order valence-electron chi connectivity index (χ3n) is 1.85. The van der Waals surface area contributed by atoms with Crippen LogP contribution in [0.2, 0.25) is 0 Å². The second-order valence-electron chi connectivity index (χ2n) is 2.78. The number of imide groups is 1. The Hall–Kier alpha value is -1.49. The average Bonchev–Trinajstić information content (AvgIpc) is 2.73. The van der Waals surface area contributed by atoms with Crippen LogP contribution in [0.15, 0.2) is 27.7 Å². The van der Waals surface area contributed by atoms with Gasteiger partial charge in [-0.1, -0.05) is 0 Å². The second kappa shape index (κ2) is 3.34. The van der Waals surface area contributed by atoms with Crippen molar-refractivity contribution in [3.8, 4) is 0 Å². The fraction of sp³-hybridized carbons (Fsp3) is 0.111. The zero-order chi connectivity index (χ0) is 10.1. The van der Waals surface area contributed by atoms with E-state index in [-0.39, 0.29) is 11.1 Å². The first-order valence-corrected chi connectivity index (χ1v) is 4.78. The Balaban J connectivity index is 2.41. The van der Waals surface area contributed by atoms with Gasteiger partial charge in [0, 0.05) is 5.57 Å². The van der Waals surface area contributed by atoms with Crippen molar-refractivity contribution in [1.82, 2.24) is 5.32 Å². The fourth-order valence-electron chi connectivity index (χ4n) is 1.16. The minimum absolute atomic E-state index is 0.337. The fourth-order valence-corrected chi connectivity index (χ4v) is 1.89. The number of rotatable bonds is 1. The molecule has 1 aliphatic rings. The van der Waals surface area contributed by atoms with Crippen molar-refractivity contribution in [1.29, 1.82) is 0 Å². The number of hydrogen-bond donors (Lipinski definition) is 1. The number of amides is 2. The molecular weight excluding hydrogens is 202 g/mol. The van der Waals surface area contributed by atoms with Crippen molar-refractivity contribution in [3.05, 3.63) is 29.1 Å². The zero-order valence-electron chi connectivity index (χ0n) is 7.37. The minimum atomic E-state index is -0.353. The quantitative estimate of drug-likeness (QED) is 0.718. The van der Waals surface area contributed by atoms with Gasteiger partial charge in [-0.3, -0.25) is 14.9 Å². The molecule has 0 aromatic carbocycles. The summed E-state index contributed by atoms with van der Waals surface area (Å²) in [4.78, 5) is 22.6. The molecule has 1 N–H and O–H groups in total. The van der Waals surface area contributed by atoms with Gasteiger partial charge in [0.1, 0.15) is 5.76 Å². The number of allylic oxidation sites excluding steroid dienone is 1. The van der Waals surface area contributed by atoms with Gasteiger partial charge in [0.15, 0.2) is 0 Å². The summed E-state index contributed by atoms with van der Waals surface area (Å²) in [5.74, 6) is 0.256. The number of nitrogens with one attached hydrogen (secondary N) is 1. The highest BCUT2D eigenvalue weighted by atomic mass is 32.2. The largest absolute Gasteiger partial charge is 0.465 e. The normalized spacial score (nSPS) is 19.8. The van der Waals surface area contributed by atoms with E-state index < -0.39 is 0 Å². The molecule has 1 saturated heterocycles. The number of carbonyl (C=O) groups is 2. The lowest BCUT2D eigenvalue weighted by atomic mass is 10.2. The Morgan fingerprint density at radius 3 is 2.79 bits per heavy atom. The van der Waals surface area contributed by atoms with Crippen LogP contribution in [0.1, 0.15) is 12.7 Å². The lowest BCUT2D eigenvalue weighted by molar-refractivity contribution is -0.115. The summed E-state index contributed by atoms with van der Waals surface area (Å²) in [6.45, 7) is 1.75. The smallest absolute Gasteiger partial charge is 0.290 e. The molecule has 0 aliphatic carbocycles. The third-order valence-corrected chi connectivity index (χ3v) is 2.83. The third kappa shape index (κ3) is 1.46. The lowest BCUT2D eigenvalue weighted by Gasteiger charge is -1.97. The molecule has 4 nitrogen and oxygen atoms in total. The van der Waals surface area contributed by atoms with Crippen molar-refractivity contribution >= 4 is 28.5 Å². The molecule has 0 atom stereocenters. The van der Waals surface area contributed by atoms with Gasteiger partial charge in [0.25, 0.3) is 11.1 Å². The van der Waals surface area contributed by atoms with E-state index in [9.17, 15) is 9.59 Å². The summed E-state index contributed by atoms with van der Waals surface area (Å²) in [7, 11) is 0. The Morgan fingerprint density at radius 2 is 2.29 bits per heavy atom. The Labute approximate surface area is 84.4 Å². The molecule has 1 aromatic heterocycles. The monoisotopic (exact) mass is 209 g/mol. The van der Waals surface area contributed by atoms with Crippen LogP contribution in [0.25, 0.3) is 5.57 Å². The van der Waals surface area contributed by atoms with E-state index in [0.29, 0.717) is 16.2 Å². The van der Waals surface area contributed by atoms with E-state index in [2.05, 4.69) is 5.32 Å². The van der Waals surface area contributed by atoms with E-state index in [1.165, 1.54) is 6.26 Å². The molecule has 1 fully saturated rings. The molecule has 2 rings (SSSR count). The molecule has 1 aromatic rings. The molecule has 14 heavy (non-hydrogen) atoms. The first-order chi connectivity index (χ1) is 6.68. The average molecular weight is 209 g/mol. The molecule has 0 spiro atoms. The minimum Gasteiger partial charge on any atom is -0.465 e. The SMILES string of the molecule is C/C(=C1\SC(=O)NC1=O)c1ccco1. The van der Waals surface area contributed by atoms with Crippen molar-refractivity contribution in [2.75, 3.05) is 0 Å². The maximum absolute atomic E-state index is 11.3. The van der Waals surface area contributed by atoms with E-state index in [0.717, 1.165) is 11.8 Å². The van der Waals surface area contributed by atoms with Crippen LogP contribution in [-0.2, 0) is 4.79 Å². The van der Waals surface area contributed by atoms with Gasteiger partial charge in [-0.2, -0.15) is 0 Å². The van der Waals surface area contributed by atoms with E-state index in [1.807, 2.05) is 0 Å². The molecule has 0 bridgehead atoms. The van der Waals surface area contributed by atoms with Crippen LogP contribution in [-0.4, -0.2) is 11.1 Å². The van der Waals surface area contributed by atoms with Crippen molar-refractivity contribution in [2.24, 2.45) is 0 Å². The van der Waals surface area contributed by atoms with Gasteiger partial charge in [-0.25, -0.2) is 0 Å². The standard InChI is InChI=1S/C9H7NO3S/c1-5(6-3-2-4-13-6)7-8(11)10-9(12)14-7/h2-4H,1H3,(H,10,11,12)/b7-5+. The highest BCUT2D eigenvalue weighted by Gasteiger charge is 2.28. The second-order valence-corrected chi connectivity index (χ2v) is 3.76. The van der Waals surface area contributed by atoms with Crippen LogP contribution in [0, 0.1) is 0 Å². The molecule has 72 valence electrons. The van der Waals surface area contributed by atoms with Crippen molar-refractivity contribution in [3.63, 3.8) is 0 Å². The van der Waals surface area contributed by atoms with Gasteiger partial charge in [0.2, 0.25) is 0 Å². The predicted molar refractivity (Wildman–Crippen MR) is 52.4 cm³/mol. The van der Waals surface area contributed by atoms with Gasteiger partial charge < -0.3 is 4.42 Å². The molecular formula is C9H7NO3S. The highest BCUT2D eigenvalue weighted by molar-refractivity contribution is 8.18. The number of carbonyl (C=O) groups excluding carboxylic acids is 2. The van der Waals surface area contributed by atoms with Crippen LogP contribution in [0.4, 0.5) is 4.79 Å². The maximum atomic E-state index is 11.3. The van der Waals surface area contributed by atoms with Crippen LogP contribution < -0.4 is 5.32 Å². The van der Waals surface area contributed by atoms with E-state index >= 15 is 0 Å². The lowest BCUT2D eigenvalue weighted by Crippen LogP contribution is -2.18. The maximum Gasteiger partial charge on any atom is 0.290 e. The summed E-state index contributed by atoms with van der Waals surface area (Å²) >= 11 is 0.900. The molecule has 0 radical (unpaired) electrons. The van der Waals surface area contributed by atoms with Gasteiger partial charge in [-0.05, 0) is 30.8 Å². The van der Waals surface area contributed by atoms with E-state index in [4.69, 9.17) is 4.42 Å². The van der Waals surface area contributed by atoms with Crippen molar-refractivity contribution in [2.45, 2.75) is 6.92 Å². The summed E-state index contributed by atoms with van der Waals surface area (Å²) in [6, 6.07) is 3.48. The van der Waals surface area contributed by atoms with Gasteiger partial charge >= 0.3 is 0 Å². The number of hydrogen-bond acceptors (Lipinski definition) is 4. The van der Waals surface area contributed by atoms with Crippen LogP contribution in [0.3, 0.4) is 0 Å². The highest BCUT2D eigenvalue weighted by Crippen LogP contribution is 2.31. The summed E-state index contributed by atoms with van der Waals surface area (Å²) < 4.78 is 5.13. The molecule has 0 unspecified atom stereocenters. The first-order valence-electron chi connectivity index (χ1n) is 3.96. The first kappa shape index (κ1) is 9.08. The number of furan rings is 1. The topological polar surface area (TPSA) is 59.3 Å². The van der Waals surface area contributed by atoms with Crippen molar-refractivity contribution < 1.29 is 14.0 Å². The molecule has 5 heteroatoms. The Bertz CT molecular complexity index is 419. The molecule has 2 heterocycles. The van der Waals surface area contributed by atoms with Gasteiger partial charge in [-0.15, -0.1) is 0 Å². The number of thioether (sulfide) groups is 1. The van der Waals surface area contributed by atoms with Crippen LogP contribution in [0.5, 0.6) is 0 Å². The molecule has 0 saturated carbocycles. The molecule has 1 aliphatic heterocycles. The molecule has 2 amide bonds.